The first-order chi connectivity index (χ1) is 12.4. The van der Waals surface area contributed by atoms with Crippen molar-refractivity contribution < 1.29 is 9.59 Å². The van der Waals surface area contributed by atoms with Gasteiger partial charge < -0.3 is 10.6 Å². The van der Waals surface area contributed by atoms with Gasteiger partial charge in [-0.2, -0.15) is 0 Å². The van der Waals surface area contributed by atoms with Crippen molar-refractivity contribution in [3.05, 3.63) is 59.7 Å². The smallest absolute Gasteiger partial charge is 0.251 e. The number of anilines is 1. The third-order valence-corrected chi connectivity index (χ3v) is 4.99. The summed E-state index contributed by atoms with van der Waals surface area (Å²) in [7, 11) is 0. The monoisotopic (exact) mass is 367 g/mol. The van der Waals surface area contributed by atoms with Crippen molar-refractivity contribution >= 4 is 38.5 Å². The predicted octanol–water partition coefficient (Wildman–Crippen LogP) is 4.00. The van der Waals surface area contributed by atoms with Gasteiger partial charge in [0.15, 0.2) is 5.13 Å². The van der Waals surface area contributed by atoms with Crippen LogP contribution in [0.4, 0.5) is 5.13 Å². The Morgan fingerprint density at radius 1 is 1.08 bits per heavy atom. The molecular formula is C20H21N3O2S. The van der Waals surface area contributed by atoms with Gasteiger partial charge in [-0.3, -0.25) is 9.59 Å². The van der Waals surface area contributed by atoms with Crippen LogP contribution in [0.15, 0.2) is 48.5 Å². The number of nitrogens with one attached hydrogen (secondary N) is 2. The van der Waals surface area contributed by atoms with Gasteiger partial charge in [-0.05, 0) is 37.1 Å². The Hall–Kier alpha value is -2.73. The topological polar surface area (TPSA) is 71.1 Å². The highest BCUT2D eigenvalue weighted by molar-refractivity contribution is 7.22. The molecular weight excluding hydrogens is 346 g/mol. The molecule has 2 amide bonds. The summed E-state index contributed by atoms with van der Waals surface area (Å²) in [5, 5.41) is 6.21. The summed E-state index contributed by atoms with van der Waals surface area (Å²) in [5.74, 6) is -0.579. The van der Waals surface area contributed by atoms with Crippen LogP contribution in [-0.2, 0) is 4.79 Å². The highest BCUT2D eigenvalue weighted by atomic mass is 32.1. The van der Waals surface area contributed by atoms with Crippen molar-refractivity contribution in [3.63, 3.8) is 0 Å². The number of carbonyl (C=O) groups excluding carboxylic acids is 2. The second-order valence-corrected chi connectivity index (χ2v) is 7.57. The van der Waals surface area contributed by atoms with E-state index < -0.39 is 6.04 Å². The van der Waals surface area contributed by atoms with Crippen molar-refractivity contribution in [1.82, 2.24) is 10.3 Å². The third-order valence-electron chi connectivity index (χ3n) is 4.04. The van der Waals surface area contributed by atoms with E-state index in [0.717, 1.165) is 15.8 Å². The fraction of sp³-hybridized carbons (Fsp3) is 0.250. The number of fused-ring (bicyclic) bond motifs is 1. The van der Waals surface area contributed by atoms with Crippen LogP contribution in [0.5, 0.6) is 0 Å². The Bertz CT molecular complexity index is 916. The van der Waals surface area contributed by atoms with E-state index >= 15 is 0 Å². The van der Waals surface area contributed by atoms with Gasteiger partial charge in [-0.1, -0.05) is 55.0 Å². The summed E-state index contributed by atoms with van der Waals surface area (Å²) < 4.78 is 1.01. The molecule has 0 fully saturated rings. The summed E-state index contributed by atoms with van der Waals surface area (Å²) in [5.41, 5.74) is 2.39. The molecule has 0 aliphatic heterocycles. The molecule has 0 saturated heterocycles. The highest BCUT2D eigenvalue weighted by Gasteiger charge is 2.25. The number of thiazole rings is 1. The number of aryl methyl sites for hydroxylation is 1. The molecule has 134 valence electrons. The molecule has 3 rings (SSSR count). The first kappa shape index (κ1) is 18.1. The van der Waals surface area contributed by atoms with Crippen molar-refractivity contribution in [1.29, 1.82) is 0 Å². The van der Waals surface area contributed by atoms with Gasteiger partial charge in [0.2, 0.25) is 5.91 Å². The Labute approximate surface area is 156 Å². The zero-order chi connectivity index (χ0) is 18.7. The van der Waals surface area contributed by atoms with Gasteiger partial charge in [-0.15, -0.1) is 0 Å². The number of para-hydroxylation sites is 1. The van der Waals surface area contributed by atoms with Crippen molar-refractivity contribution in [3.8, 4) is 0 Å². The average molecular weight is 367 g/mol. The van der Waals surface area contributed by atoms with Gasteiger partial charge in [0, 0.05) is 5.56 Å². The maximum Gasteiger partial charge on any atom is 0.251 e. The third kappa shape index (κ3) is 4.08. The molecule has 1 aromatic heterocycles. The Kier molecular flexibility index (Phi) is 5.32. The van der Waals surface area contributed by atoms with Crippen LogP contribution >= 0.6 is 11.3 Å². The van der Waals surface area contributed by atoms with Crippen molar-refractivity contribution in [2.45, 2.75) is 26.8 Å². The van der Waals surface area contributed by atoms with Crippen LogP contribution in [0, 0.1) is 12.8 Å². The van der Waals surface area contributed by atoms with Crippen molar-refractivity contribution in [2.24, 2.45) is 5.92 Å². The van der Waals surface area contributed by atoms with Crippen LogP contribution in [0.1, 0.15) is 29.8 Å². The van der Waals surface area contributed by atoms with Crippen LogP contribution < -0.4 is 10.6 Å². The zero-order valence-corrected chi connectivity index (χ0v) is 15.8. The van der Waals surface area contributed by atoms with E-state index in [1.807, 2.05) is 57.2 Å². The lowest BCUT2D eigenvalue weighted by atomic mass is 10.0. The minimum Gasteiger partial charge on any atom is -0.340 e. The second kappa shape index (κ2) is 7.66. The molecule has 6 heteroatoms. The van der Waals surface area contributed by atoms with Gasteiger partial charge >= 0.3 is 0 Å². The molecule has 2 N–H and O–H groups in total. The lowest BCUT2D eigenvalue weighted by Gasteiger charge is -2.21. The number of hydrogen-bond donors (Lipinski definition) is 2. The Morgan fingerprint density at radius 3 is 2.54 bits per heavy atom. The lowest BCUT2D eigenvalue weighted by Crippen LogP contribution is -2.47. The van der Waals surface area contributed by atoms with E-state index in [1.54, 1.807) is 12.1 Å². The van der Waals surface area contributed by atoms with E-state index in [0.29, 0.717) is 10.7 Å². The molecule has 0 radical (unpaired) electrons. The van der Waals surface area contributed by atoms with Crippen molar-refractivity contribution in [2.75, 3.05) is 5.32 Å². The van der Waals surface area contributed by atoms with E-state index in [-0.39, 0.29) is 17.7 Å². The fourth-order valence-corrected chi connectivity index (χ4v) is 3.52. The van der Waals surface area contributed by atoms with E-state index in [2.05, 4.69) is 15.6 Å². The molecule has 3 aromatic rings. The largest absolute Gasteiger partial charge is 0.340 e. The first-order valence-electron chi connectivity index (χ1n) is 8.48. The average Bonchev–Trinajstić information content (AvgIpc) is 3.01. The molecule has 5 nitrogen and oxygen atoms in total. The van der Waals surface area contributed by atoms with Crippen LogP contribution in [0.25, 0.3) is 10.2 Å². The molecule has 0 spiro atoms. The van der Waals surface area contributed by atoms with Gasteiger partial charge in [-0.25, -0.2) is 4.98 Å². The van der Waals surface area contributed by atoms with Gasteiger partial charge in [0.1, 0.15) is 6.04 Å². The summed E-state index contributed by atoms with van der Waals surface area (Å²) in [4.78, 5) is 29.6. The number of aromatic nitrogens is 1. The molecule has 0 saturated carbocycles. The molecule has 0 aliphatic carbocycles. The predicted molar refractivity (Wildman–Crippen MR) is 106 cm³/mol. The number of carbonyl (C=O) groups is 2. The van der Waals surface area contributed by atoms with Crippen LogP contribution in [0.3, 0.4) is 0 Å². The normalized spacial score (nSPS) is 12.2. The first-order valence-corrected chi connectivity index (χ1v) is 9.29. The van der Waals surface area contributed by atoms with E-state index in [1.165, 1.54) is 11.3 Å². The summed E-state index contributed by atoms with van der Waals surface area (Å²) in [6.45, 7) is 5.73. The second-order valence-electron chi connectivity index (χ2n) is 6.54. The van der Waals surface area contributed by atoms with Crippen LogP contribution in [0.2, 0.25) is 0 Å². The highest BCUT2D eigenvalue weighted by Crippen LogP contribution is 2.25. The minimum atomic E-state index is -0.643. The van der Waals surface area contributed by atoms with E-state index in [4.69, 9.17) is 0 Å². The summed E-state index contributed by atoms with van der Waals surface area (Å²) in [6.07, 6.45) is 0. The standard InChI is InChI=1S/C20H21N3O2S/c1-12(2)17(22-18(24)14-8-6-7-13(3)11-14)19(25)23-20-21-15-9-4-5-10-16(15)26-20/h4-12,17H,1-3H3,(H,22,24)(H,21,23,25)/t17-/m0/s1. The molecule has 1 atom stereocenters. The summed E-state index contributed by atoms with van der Waals surface area (Å²) in [6, 6.07) is 14.4. The lowest BCUT2D eigenvalue weighted by molar-refractivity contribution is -0.118. The summed E-state index contributed by atoms with van der Waals surface area (Å²) >= 11 is 1.42. The van der Waals surface area contributed by atoms with Crippen LogP contribution in [-0.4, -0.2) is 22.8 Å². The Morgan fingerprint density at radius 2 is 1.85 bits per heavy atom. The maximum absolute atomic E-state index is 12.7. The quantitative estimate of drug-likeness (QED) is 0.716. The minimum absolute atomic E-state index is 0.0573. The zero-order valence-electron chi connectivity index (χ0n) is 14.9. The number of benzene rings is 2. The van der Waals surface area contributed by atoms with E-state index in [9.17, 15) is 9.59 Å². The fourth-order valence-electron chi connectivity index (χ4n) is 2.65. The number of rotatable bonds is 5. The molecule has 26 heavy (non-hydrogen) atoms. The molecule has 2 aromatic carbocycles. The molecule has 1 heterocycles. The Balaban J connectivity index is 1.74. The molecule has 0 bridgehead atoms. The SMILES string of the molecule is Cc1cccc(C(=O)N[C@H](C(=O)Nc2nc3ccccc3s2)C(C)C)c1. The number of amides is 2. The number of hydrogen-bond acceptors (Lipinski definition) is 4. The molecule has 0 aliphatic rings. The molecule has 0 unspecified atom stereocenters. The van der Waals surface area contributed by atoms with Gasteiger partial charge in [0.05, 0.1) is 10.2 Å². The maximum atomic E-state index is 12.7. The van der Waals surface area contributed by atoms with Gasteiger partial charge in [0.25, 0.3) is 5.91 Å². The number of nitrogens with zero attached hydrogens (tertiary/aromatic N) is 1.